The van der Waals surface area contributed by atoms with E-state index in [1.165, 1.54) is 4.57 Å². The van der Waals surface area contributed by atoms with E-state index in [1.54, 1.807) is 6.33 Å². The van der Waals surface area contributed by atoms with E-state index in [0.29, 0.717) is 23.6 Å². The lowest BCUT2D eigenvalue weighted by atomic mass is 9.97. The Bertz CT molecular complexity index is 1260. The third kappa shape index (κ3) is 4.72. The van der Waals surface area contributed by atoms with Crippen LogP contribution in [0, 0.1) is 5.92 Å². The minimum atomic E-state index is -0.499. The van der Waals surface area contributed by atoms with Gasteiger partial charge in [-0.3, -0.25) is 14.2 Å². The van der Waals surface area contributed by atoms with Gasteiger partial charge in [-0.2, -0.15) is 0 Å². The molecule has 0 bridgehead atoms. The Morgan fingerprint density at radius 1 is 1.06 bits per heavy atom. The molecule has 0 N–H and O–H groups in total. The first-order chi connectivity index (χ1) is 16.3. The first kappa shape index (κ1) is 24.0. The summed E-state index contributed by atoms with van der Waals surface area (Å²) in [5.74, 6) is 0.274. The summed E-state index contributed by atoms with van der Waals surface area (Å²) in [5.41, 5.74) is 0.726. The van der Waals surface area contributed by atoms with E-state index in [0.717, 1.165) is 35.8 Å². The number of piperidine rings is 1. The maximum Gasteiger partial charge on any atom is 0.333 e. The van der Waals surface area contributed by atoms with Crippen LogP contribution in [0.1, 0.15) is 58.9 Å². The maximum atomic E-state index is 13.6. The molecule has 34 heavy (non-hydrogen) atoms. The van der Waals surface area contributed by atoms with Crippen molar-refractivity contribution in [2.24, 2.45) is 5.92 Å². The van der Waals surface area contributed by atoms with Gasteiger partial charge in [-0.25, -0.2) is 14.3 Å². The molecule has 1 amide bonds. The summed E-state index contributed by atoms with van der Waals surface area (Å²) in [6.45, 7) is 8.98. The summed E-state index contributed by atoms with van der Waals surface area (Å²) >= 11 is 0. The van der Waals surface area contributed by atoms with Crippen molar-refractivity contribution in [2.45, 2.75) is 85.1 Å². The summed E-state index contributed by atoms with van der Waals surface area (Å²) in [6, 6.07) is 9.81. The molecule has 1 aromatic carbocycles. The zero-order chi connectivity index (χ0) is 24.4. The molecule has 0 saturated carbocycles. The molecule has 3 heterocycles. The number of carbonyl (C=O) groups excluding carboxylic acids is 1. The van der Waals surface area contributed by atoms with Gasteiger partial charge in [0.15, 0.2) is 11.2 Å². The van der Waals surface area contributed by atoms with Crippen LogP contribution < -0.4 is 11.2 Å². The van der Waals surface area contributed by atoms with Crippen LogP contribution in [-0.4, -0.2) is 41.6 Å². The average molecular weight is 466 g/mol. The van der Waals surface area contributed by atoms with Gasteiger partial charge in [0.05, 0.1) is 12.9 Å². The van der Waals surface area contributed by atoms with E-state index >= 15 is 0 Å². The second-order valence-corrected chi connectivity index (χ2v) is 9.97. The van der Waals surface area contributed by atoms with Crippen molar-refractivity contribution in [3.8, 4) is 0 Å². The highest BCUT2D eigenvalue weighted by molar-refractivity contribution is 5.77. The second-order valence-electron chi connectivity index (χ2n) is 9.97. The maximum absolute atomic E-state index is 13.6. The number of imidazole rings is 1. The van der Waals surface area contributed by atoms with Crippen LogP contribution in [-0.2, 0) is 24.4 Å². The fourth-order valence-electron chi connectivity index (χ4n) is 4.98. The number of nitrogens with zero attached hydrogens (tertiary/aromatic N) is 5. The van der Waals surface area contributed by atoms with E-state index in [-0.39, 0.29) is 31.1 Å². The quantitative estimate of drug-likeness (QED) is 0.536. The van der Waals surface area contributed by atoms with Gasteiger partial charge in [0.2, 0.25) is 5.91 Å². The average Bonchev–Trinajstić information content (AvgIpc) is 3.23. The van der Waals surface area contributed by atoms with Crippen LogP contribution in [0.3, 0.4) is 0 Å². The first-order valence-corrected chi connectivity index (χ1v) is 12.3. The van der Waals surface area contributed by atoms with Crippen LogP contribution >= 0.6 is 0 Å². The van der Waals surface area contributed by atoms with Crippen molar-refractivity contribution in [1.82, 2.24) is 23.6 Å². The number of carbonyl (C=O) groups is 1. The zero-order valence-electron chi connectivity index (χ0n) is 20.6. The fourth-order valence-corrected chi connectivity index (χ4v) is 4.98. The van der Waals surface area contributed by atoms with Crippen molar-refractivity contribution in [2.75, 3.05) is 0 Å². The fraction of sp³-hybridized carbons (Fsp3) is 0.538. The van der Waals surface area contributed by atoms with Crippen LogP contribution in [0.4, 0.5) is 0 Å². The smallest absolute Gasteiger partial charge is 0.333 e. The lowest BCUT2D eigenvalue weighted by molar-refractivity contribution is -0.138. The molecule has 1 aliphatic rings. The molecule has 2 aromatic heterocycles. The lowest BCUT2D eigenvalue weighted by Crippen LogP contribution is -2.51. The number of rotatable bonds is 7. The molecule has 182 valence electrons. The number of benzene rings is 1. The predicted molar refractivity (Wildman–Crippen MR) is 133 cm³/mol. The molecule has 2 atom stereocenters. The van der Waals surface area contributed by atoms with Gasteiger partial charge in [-0.05, 0) is 51.0 Å². The van der Waals surface area contributed by atoms with Crippen molar-refractivity contribution in [1.29, 1.82) is 0 Å². The predicted octanol–water partition coefficient (Wildman–Crippen LogP) is 3.24. The zero-order valence-corrected chi connectivity index (χ0v) is 20.6. The number of aryl methyl sites for hydroxylation is 1. The lowest BCUT2D eigenvalue weighted by Gasteiger charge is -2.39. The van der Waals surface area contributed by atoms with Crippen molar-refractivity contribution >= 4 is 17.1 Å². The first-order valence-electron chi connectivity index (χ1n) is 12.3. The van der Waals surface area contributed by atoms with Crippen molar-refractivity contribution in [3.63, 3.8) is 0 Å². The van der Waals surface area contributed by atoms with Gasteiger partial charge in [0, 0.05) is 18.6 Å². The highest BCUT2D eigenvalue weighted by atomic mass is 16.2. The molecule has 1 fully saturated rings. The molecule has 8 heteroatoms. The third-order valence-corrected chi connectivity index (χ3v) is 6.89. The van der Waals surface area contributed by atoms with Gasteiger partial charge in [-0.15, -0.1) is 0 Å². The largest absolute Gasteiger partial charge is 0.336 e. The van der Waals surface area contributed by atoms with E-state index in [4.69, 9.17) is 0 Å². The van der Waals surface area contributed by atoms with Gasteiger partial charge in [0.25, 0.3) is 5.56 Å². The number of likely N-dealkylation sites (tertiary alicyclic amines) is 1. The Balaban J connectivity index is 1.81. The van der Waals surface area contributed by atoms with Crippen molar-refractivity contribution in [3.05, 3.63) is 63.1 Å². The highest BCUT2D eigenvalue weighted by Gasteiger charge is 2.30. The van der Waals surface area contributed by atoms with Crippen LogP contribution in [0.2, 0.25) is 0 Å². The molecule has 1 saturated heterocycles. The minimum absolute atomic E-state index is 0.0961. The van der Waals surface area contributed by atoms with Crippen LogP contribution in [0.25, 0.3) is 11.2 Å². The van der Waals surface area contributed by atoms with Crippen LogP contribution in [0.15, 0.2) is 46.2 Å². The molecule has 0 aliphatic carbocycles. The second kappa shape index (κ2) is 9.99. The molecule has 8 nitrogen and oxygen atoms in total. The van der Waals surface area contributed by atoms with Crippen molar-refractivity contribution < 1.29 is 4.79 Å². The highest BCUT2D eigenvalue weighted by Crippen LogP contribution is 2.22. The van der Waals surface area contributed by atoms with Gasteiger partial charge in [-0.1, -0.05) is 44.2 Å². The van der Waals surface area contributed by atoms with E-state index in [2.05, 4.69) is 18.8 Å². The molecular weight excluding hydrogens is 430 g/mol. The SMILES string of the molecule is CC(C)CCn1cnc2c1c(=O)n(CC(=O)N1[C@H](C)CCC[C@@H]1C)c(=O)n2Cc1ccccc1. The summed E-state index contributed by atoms with van der Waals surface area (Å²) in [4.78, 5) is 46.8. The Morgan fingerprint density at radius 3 is 2.38 bits per heavy atom. The number of aromatic nitrogens is 4. The summed E-state index contributed by atoms with van der Waals surface area (Å²) < 4.78 is 4.45. The topological polar surface area (TPSA) is 82.1 Å². The molecule has 0 radical (unpaired) electrons. The molecular formula is C26H35N5O3. The van der Waals surface area contributed by atoms with Crippen LogP contribution in [0.5, 0.6) is 0 Å². The number of fused-ring (bicyclic) bond motifs is 1. The van der Waals surface area contributed by atoms with E-state index < -0.39 is 11.2 Å². The molecule has 1 aliphatic heterocycles. The molecule has 0 spiro atoms. The molecule has 3 aromatic rings. The monoisotopic (exact) mass is 465 g/mol. The summed E-state index contributed by atoms with van der Waals surface area (Å²) in [5, 5.41) is 0. The Labute approximate surface area is 199 Å². The Morgan fingerprint density at radius 2 is 1.74 bits per heavy atom. The van der Waals surface area contributed by atoms with E-state index in [9.17, 15) is 14.4 Å². The number of hydrogen-bond donors (Lipinski definition) is 0. The number of amides is 1. The standard InChI is InChI=1S/C26H35N5O3/c1-18(2)13-14-28-17-27-24-23(28)25(33)30(16-22(32)31-19(3)9-8-10-20(31)4)26(34)29(24)15-21-11-6-5-7-12-21/h5-7,11-12,17-20H,8-10,13-16H2,1-4H3/t19-,20+. The Hall–Kier alpha value is -3.16. The van der Waals surface area contributed by atoms with Gasteiger partial charge in [0.1, 0.15) is 6.54 Å². The molecule has 4 rings (SSSR count). The number of hydrogen-bond acceptors (Lipinski definition) is 4. The van der Waals surface area contributed by atoms with E-state index in [1.807, 2.05) is 53.6 Å². The normalized spacial score (nSPS) is 18.7. The molecule has 0 unspecified atom stereocenters. The third-order valence-electron chi connectivity index (χ3n) is 6.89. The summed E-state index contributed by atoms with van der Waals surface area (Å²) in [6.07, 6.45) is 5.46. The summed E-state index contributed by atoms with van der Waals surface area (Å²) in [7, 11) is 0. The van der Waals surface area contributed by atoms with Gasteiger partial charge < -0.3 is 9.47 Å². The van der Waals surface area contributed by atoms with Gasteiger partial charge >= 0.3 is 5.69 Å². The Kier molecular flexibility index (Phi) is 7.05. The minimum Gasteiger partial charge on any atom is -0.336 e.